The number of halogens is 2. The van der Waals surface area contributed by atoms with Crippen molar-refractivity contribution >= 4 is 22.6 Å². The molecule has 0 fully saturated rings. The fraction of sp³-hybridized carbons (Fsp3) is 0.370. The minimum atomic E-state index is -0.589. The number of pyridine rings is 1. The van der Waals surface area contributed by atoms with Crippen LogP contribution in [0.2, 0.25) is 5.02 Å². The SMILES string of the molecule is CC(C)CCCc1cc(Cl)c(F)c(-c2cc3cn(-c4ccc(C(C)(C)C)cc4)c(=O)nc3[nH]2)n1. The number of benzene rings is 1. The van der Waals surface area contributed by atoms with Crippen LogP contribution in [-0.4, -0.2) is 19.5 Å². The molecular formula is C27H30ClFN4O. The average molecular weight is 481 g/mol. The van der Waals surface area contributed by atoms with Gasteiger partial charge in [-0.05, 0) is 54.0 Å². The van der Waals surface area contributed by atoms with Crippen LogP contribution < -0.4 is 5.69 Å². The molecule has 4 rings (SSSR count). The summed E-state index contributed by atoms with van der Waals surface area (Å²) in [5.41, 5.74) is 3.19. The van der Waals surface area contributed by atoms with E-state index in [2.05, 4.69) is 49.6 Å². The molecule has 0 aliphatic rings. The predicted octanol–water partition coefficient (Wildman–Crippen LogP) is 6.84. The number of hydrogen-bond acceptors (Lipinski definition) is 3. The van der Waals surface area contributed by atoms with Crippen LogP contribution in [0.4, 0.5) is 4.39 Å². The molecule has 0 radical (unpaired) electrons. The lowest BCUT2D eigenvalue weighted by molar-refractivity contribution is 0.552. The summed E-state index contributed by atoms with van der Waals surface area (Å²) in [5.74, 6) is 0.00152. The molecular weight excluding hydrogens is 451 g/mol. The van der Waals surface area contributed by atoms with Gasteiger partial charge >= 0.3 is 5.69 Å². The maximum Gasteiger partial charge on any atom is 0.354 e. The fourth-order valence-corrected chi connectivity index (χ4v) is 4.19. The smallest absolute Gasteiger partial charge is 0.338 e. The van der Waals surface area contributed by atoms with Crippen molar-refractivity contribution in [1.29, 1.82) is 0 Å². The molecule has 4 aromatic rings. The lowest BCUT2D eigenvalue weighted by Gasteiger charge is -2.19. The highest BCUT2D eigenvalue weighted by atomic mass is 35.5. The van der Waals surface area contributed by atoms with Gasteiger partial charge in [0.1, 0.15) is 11.3 Å². The van der Waals surface area contributed by atoms with Gasteiger partial charge in [-0.3, -0.25) is 4.57 Å². The maximum atomic E-state index is 14.9. The number of aryl methyl sites for hydroxylation is 1. The molecule has 1 aromatic carbocycles. The monoisotopic (exact) mass is 480 g/mol. The van der Waals surface area contributed by atoms with Crippen molar-refractivity contribution in [3.63, 3.8) is 0 Å². The van der Waals surface area contributed by atoms with Crippen molar-refractivity contribution < 1.29 is 4.39 Å². The van der Waals surface area contributed by atoms with Crippen LogP contribution in [0.25, 0.3) is 28.1 Å². The van der Waals surface area contributed by atoms with Gasteiger partial charge in [0.25, 0.3) is 0 Å². The second-order valence-electron chi connectivity index (χ2n) is 10.2. The number of aromatic amines is 1. The van der Waals surface area contributed by atoms with E-state index in [0.29, 0.717) is 22.6 Å². The number of rotatable bonds is 6. The summed E-state index contributed by atoms with van der Waals surface area (Å²) in [6.45, 7) is 10.8. The third-order valence-corrected chi connectivity index (χ3v) is 6.23. The first-order valence-electron chi connectivity index (χ1n) is 11.6. The highest BCUT2D eigenvalue weighted by Gasteiger charge is 2.17. The Kier molecular flexibility index (Phi) is 6.63. The zero-order valence-corrected chi connectivity index (χ0v) is 21.0. The fourth-order valence-electron chi connectivity index (χ4n) is 3.97. The summed E-state index contributed by atoms with van der Waals surface area (Å²) < 4.78 is 16.4. The van der Waals surface area contributed by atoms with Gasteiger partial charge < -0.3 is 4.98 Å². The molecule has 1 N–H and O–H groups in total. The largest absolute Gasteiger partial charge is 0.354 e. The highest BCUT2D eigenvalue weighted by molar-refractivity contribution is 6.31. The van der Waals surface area contributed by atoms with Crippen molar-refractivity contribution in [2.75, 3.05) is 0 Å². The minimum Gasteiger partial charge on any atom is -0.338 e. The number of nitrogens with zero attached hydrogens (tertiary/aromatic N) is 3. The molecule has 0 bridgehead atoms. The normalized spacial score (nSPS) is 12.1. The van der Waals surface area contributed by atoms with Crippen molar-refractivity contribution in [2.24, 2.45) is 5.92 Å². The molecule has 0 saturated heterocycles. The van der Waals surface area contributed by atoms with E-state index in [1.807, 2.05) is 24.3 Å². The van der Waals surface area contributed by atoms with Crippen molar-refractivity contribution in [3.05, 3.63) is 75.2 Å². The summed E-state index contributed by atoms with van der Waals surface area (Å²) in [6.07, 6.45) is 4.45. The van der Waals surface area contributed by atoms with Crippen molar-refractivity contribution in [2.45, 2.75) is 59.3 Å². The van der Waals surface area contributed by atoms with Gasteiger partial charge in [-0.1, -0.05) is 64.8 Å². The van der Waals surface area contributed by atoms with Crippen LogP contribution in [0.15, 0.2) is 47.4 Å². The molecule has 5 nitrogen and oxygen atoms in total. The average Bonchev–Trinajstić information content (AvgIpc) is 3.17. The summed E-state index contributed by atoms with van der Waals surface area (Å²) >= 11 is 6.19. The van der Waals surface area contributed by atoms with E-state index in [-0.39, 0.29) is 16.1 Å². The van der Waals surface area contributed by atoms with Gasteiger partial charge in [0.2, 0.25) is 0 Å². The quantitative estimate of drug-likeness (QED) is 0.328. The molecule has 34 heavy (non-hydrogen) atoms. The number of nitrogens with one attached hydrogen (secondary N) is 1. The van der Waals surface area contributed by atoms with Gasteiger partial charge in [0.15, 0.2) is 5.82 Å². The molecule has 0 aliphatic heterocycles. The van der Waals surface area contributed by atoms with Crippen molar-refractivity contribution in [3.8, 4) is 17.1 Å². The first-order chi connectivity index (χ1) is 16.0. The second-order valence-corrected chi connectivity index (χ2v) is 10.6. The summed E-state index contributed by atoms with van der Waals surface area (Å²) in [6, 6.07) is 11.2. The number of hydrogen-bond donors (Lipinski definition) is 1. The van der Waals surface area contributed by atoms with Gasteiger partial charge in [-0.25, -0.2) is 14.2 Å². The van der Waals surface area contributed by atoms with Gasteiger partial charge in [-0.15, -0.1) is 0 Å². The molecule has 178 valence electrons. The molecule has 0 spiro atoms. The molecule has 0 atom stereocenters. The Morgan fingerprint density at radius 1 is 1.12 bits per heavy atom. The minimum absolute atomic E-state index is 0.0168. The Bertz CT molecular complexity index is 1380. The van der Waals surface area contributed by atoms with E-state index in [1.165, 1.54) is 10.1 Å². The van der Waals surface area contributed by atoms with Crippen LogP contribution in [0.3, 0.4) is 0 Å². The van der Waals surface area contributed by atoms with E-state index < -0.39 is 11.5 Å². The van der Waals surface area contributed by atoms with E-state index >= 15 is 0 Å². The topological polar surface area (TPSA) is 63.6 Å². The second kappa shape index (κ2) is 9.34. The van der Waals surface area contributed by atoms with Gasteiger partial charge in [-0.2, -0.15) is 4.98 Å². The maximum absolute atomic E-state index is 14.9. The molecule has 0 amide bonds. The van der Waals surface area contributed by atoms with E-state index in [4.69, 9.17) is 11.6 Å². The van der Waals surface area contributed by atoms with Crippen molar-refractivity contribution in [1.82, 2.24) is 19.5 Å². The van der Waals surface area contributed by atoms with Crippen LogP contribution in [0.1, 0.15) is 58.7 Å². The van der Waals surface area contributed by atoms with E-state index in [9.17, 15) is 9.18 Å². The summed E-state index contributed by atoms with van der Waals surface area (Å²) in [4.78, 5) is 24.5. The molecule has 0 saturated carbocycles. The number of aromatic nitrogens is 4. The Morgan fingerprint density at radius 3 is 2.47 bits per heavy atom. The standard InChI is InChI=1S/C27H30ClFN4O/c1-16(2)7-6-8-19-14-21(28)23(29)24(30-19)22-13-17-15-33(26(34)32-25(17)31-22)20-11-9-18(10-12-20)27(3,4)5/h9-16H,6-8H2,1-5H3,(H,31,32,34). The number of H-pyrrole nitrogens is 1. The number of fused-ring (bicyclic) bond motifs is 1. The lowest BCUT2D eigenvalue weighted by atomic mass is 9.87. The van der Waals surface area contributed by atoms with E-state index in [0.717, 1.165) is 30.6 Å². The molecule has 3 aromatic heterocycles. The highest BCUT2D eigenvalue weighted by Crippen LogP contribution is 2.29. The zero-order chi connectivity index (χ0) is 24.6. The van der Waals surface area contributed by atoms with Gasteiger partial charge in [0.05, 0.1) is 16.4 Å². The van der Waals surface area contributed by atoms with Gasteiger partial charge in [0, 0.05) is 17.3 Å². The van der Waals surface area contributed by atoms with E-state index in [1.54, 1.807) is 18.3 Å². The predicted molar refractivity (Wildman–Crippen MR) is 136 cm³/mol. The Balaban J connectivity index is 1.71. The van der Waals surface area contributed by atoms with Crippen LogP contribution >= 0.6 is 11.6 Å². The Morgan fingerprint density at radius 2 is 1.82 bits per heavy atom. The Hall–Kier alpha value is -2.99. The van der Waals surface area contributed by atoms with Crippen LogP contribution in [-0.2, 0) is 11.8 Å². The molecule has 7 heteroatoms. The van der Waals surface area contributed by atoms with Crippen LogP contribution in [0, 0.1) is 11.7 Å². The summed E-state index contributed by atoms with van der Waals surface area (Å²) in [7, 11) is 0. The molecule has 0 unspecified atom stereocenters. The van der Waals surface area contributed by atoms with Crippen LogP contribution in [0.5, 0.6) is 0 Å². The third kappa shape index (κ3) is 5.07. The molecule has 0 aliphatic carbocycles. The Labute approximate surface area is 204 Å². The zero-order valence-electron chi connectivity index (χ0n) is 20.2. The summed E-state index contributed by atoms with van der Waals surface area (Å²) in [5, 5.41) is 0.715. The third-order valence-electron chi connectivity index (χ3n) is 5.96. The first kappa shape index (κ1) is 24.1. The lowest BCUT2D eigenvalue weighted by Crippen LogP contribution is -2.20. The molecule has 3 heterocycles. The first-order valence-corrected chi connectivity index (χ1v) is 12.0.